The number of esters is 1. The molecule has 14 nitrogen and oxygen atoms in total. The lowest BCUT2D eigenvalue weighted by molar-refractivity contribution is -0.340. The fourth-order valence-electron chi connectivity index (χ4n) is 11.0. The van der Waals surface area contributed by atoms with Gasteiger partial charge in [-0.05, 0) is 69.1 Å². The van der Waals surface area contributed by atoms with E-state index >= 15 is 0 Å². The molecule has 0 unspecified atom stereocenters. The van der Waals surface area contributed by atoms with Crippen molar-refractivity contribution in [3.05, 3.63) is 47.1 Å². The maximum atomic E-state index is 14.4. The molecule has 14 heteroatoms. The number of methoxy groups -OCH3 is 2. The Labute approximate surface area is 368 Å². The van der Waals surface area contributed by atoms with Crippen LogP contribution in [0, 0.1) is 23.7 Å². The monoisotopic (exact) mass is 875 g/mol. The van der Waals surface area contributed by atoms with Gasteiger partial charge in [-0.2, -0.15) is 0 Å². The lowest BCUT2D eigenvalue weighted by atomic mass is 9.71. The largest absolute Gasteiger partial charge is 0.462 e. The van der Waals surface area contributed by atoms with Gasteiger partial charge in [-0.15, -0.1) is 0 Å². The van der Waals surface area contributed by atoms with Gasteiger partial charge in [-0.1, -0.05) is 64.5 Å². The van der Waals surface area contributed by atoms with Gasteiger partial charge >= 0.3 is 5.97 Å². The van der Waals surface area contributed by atoms with Gasteiger partial charge in [0.1, 0.15) is 42.0 Å². The highest BCUT2D eigenvalue weighted by molar-refractivity contribution is 5.78. The maximum Gasteiger partial charge on any atom is 0.316 e. The van der Waals surface area contributed by atoms with Crippen LogP contribution in [0.5, 0.6) is 0 Å². The standard InChI is InChI=1S/C48H74O14/c1-11-25(2)43-28(5)17-18-47(62-43)23-34-20-33(61-47)16-15-27(4)42(26(3)13-12-14-32-24-55-45-40(49)29(6)19-35(46(51)58-34)48(32,45)52)59-39-22-37(54-10)44(31(8)57-39)60-38-21-36(53-9)41(50)30(7)56-38/h12-15,19,25-26,28,30-31,33-45,49-50,52H,11,16-18,20-24H2,1-10H3/b13-12+,27-15+,32-14+/t25-,26-,28-,30-,31-,33+,34-,35-,36-,37-,38-,39+,40+,41-,42-,43+,44-,45+,47+,48+/m0/s1. The molecule has 1 aliphatic carbocycles. The molecule has 3 N–H and O–H groups in total. The van der Waals surface area contributed by atoms with Crippen LogP contribution in [0.15, 0.2) is 47.1 Å². The molecular formula is C48H74O14. The van der Waals surface area contributed by atoms with Gasteiger partial charge in [0.2, 0.25) is 0 Å². The maximum absolute atomic E-state index is 14.4. The van der Waals surface area contributed by atoms with E-state index in [9.17, 15) is 20.1 Å². The van der Waals surface area contributed by atoms with E-state index in [0.29, 0.717) is 61.5 Å². The summed E-state index contributed by atoms with van der Waals surface area (Å²) in [7, 11) is 3.23. The van der Waals surface area contributed by atoms with Crippen molar-refractivity contribution in [1.82, 2.24) is 0 Å². The summed E-state index contributed by atoms with van der Waals surface area (Å²) in [5.41, 5.74) is 0.188. The quantitative estimate of drug-likeness (QED) is 0.204. The number of hydrogen-bond donors (Lipinski definition) is 3. The number of aliphatic hydroxyl groups excluding tert-OH is 2. The Bertz CT molecular complexity index is 1680. The average molecular weight is 875 g/mol. The molecule has 20 atom stereocenters. The predicted octanol–water partition coefficient (Wildman–Crippen LogP) is 5.60. The third-order valence-corrected chi connectivity index (χ3v) is 14.9. The van der Waals surface area contributed by atoms with E-state index in [0.717, 1.165) is 18.4 Å². The van der Waals surface area contributed by atoms with Crippen LogP contribution in [0.1, 0.15) is 107 Å². The summed E-state index contributed by atoms with van der Waals surface area (Å²) in [6.45, 7) is 16.3. The Hall–Kier alpha value is -2.05. The zero-order chi connectivity index (χ0) is 44.7. The van der Waals surface area contributed by atoms with Crippen LogP contribution in [0.25, 0.3) is 0 Å². The van der Waals surface area contributed by atoms with Crippen LogP contribution in [0.2, 0.25) is 0 Å². The average Bonchev–Trinajstić information content (AvgIpc) is 3.58. The first-order valence-corrected chi connectivity index (χ1v) is 23.2. The molecule has 62 heavy (non-hydrogen) atoms. The Morgan fingerprint density at radius 2 is 1.63 bits per heavy atom. The number of ether oxygens (including phenoxy) is 10. The van der Waals surface area contributed by atoms with Crippen molar-refractivity contribution in [3.63, 3.8) is 0 Å². The second-order valence-electron chi connectivity index (χ2n) is 19.4. The fraction of sp³-hybridized carbons (Fsp3) is 0.812. The second-order valence-corrected chi connectivity index (χ2v) is 19.4. The molecule has 350 valence electrons. The van der Waals surface area contributed by atoms with Crippen molar-refractivity contribution in [3.8, 4) is 0 Å². The van der Waals surface area contributed by atoms with Crippen molar-refractivity contribution in [1.29, 1.82) is 0 Å². The molecule has 0 aromatic carbocycles. The molecule has 1 spiro atoms. The van der Waals surface area contributed by atoms with Crippen LogP contribution in [0.3, 0.4) is 0 Å². The number of fused-ring (bicyclic) bond motifs is 2. The number of carbonyl (C=O) groups excluding carboxylic acids is 1. The Kier molecular flexibility index (Phi) is 15.3. The van der Waals surface area contributed by atoms with Crippen molar-refractivity contribution in [2.45, 2.75) is 204 Å². The first-order chi connectivity index (χ1) is 29.5. The van der Waals surface area contributed by atoms with Crippen molar-refractivity contribution in [2.75, 3.05) is 20.8 Å². The Balaban J connectivity index is 1.18. The van der Waals surface area contributed by atoms with Crippen molar-refractivity contribution in [2.24, 2.45) is 23.7 Å². The molecule has 2 bridgehead atoms. The Morgan fingerprint density at radius 1 is 0.919 bits per heavy atom. The van der Waals surface area contributed by atoms with E-state index in [1.54, 1.807) is 40.2 Å². The van der Waals surface area contributed by atoms with Crippen molar-refractivity contribution >= 4 is 5.97 Å². The van der Waals surface area contributed by atoms with E-state index in [1.165, 1.54) is 0 Å². The number of hydrogen-bond acceptors (Lipinski definition) is 14. The van der Waals surface area contributed by atoms with Gasteiger partial charge in [0.15, 0.2) is 18.4 Å². The van der Waals surface area contributed by atoms with E-state index in [4.69, 9.17) is 47.4 Å². The predicted molar refractivity (Wildman–Crippen MR) is 227 cm³/mol. The van der Waals surface area contributed by atoms with Gasteiger partial charge < -0.3 is 62.7 Å². The number of allylic oxidation sites excluding steroid dienone is 2. The van der Waals surface area contributed by atoms with Crippen molar-refractivity contribution < 1.29 is 67.5 Å². The summed E-state index contributed by atoms with van der Waals surface area (Å²) in [6, 6.07) is 0. The summed E-state index contributed by atoms with van der Waals surface area (Å²) in [5.74, 6) is -2.10. The molecule has 7 rings (SSSR count). The second kappa shape index (κ2) is 19.8. The third-order valence-electron chi connectivity index (χ3n) is 14.9. The molecule has 5 fully saturated rings. The summed E-state index contributed by atoms with van der Waals surface area (Å²) in [6.07, 6.45) is 6.53. The zero-order valence-corrected chi connectivity index (χ0v) is 38.5. The highest BCUT2D eigenvalue weighted by Gasteiger charge is 2.60. The summed E-state index contributed by atoms with van der Waals surface area (Å²) in [5, 5.41) is 34.2. The molecular weight excluding hydrogens is 801 g/mol. The van der Waals surface area contributed by atoms with Crippen LogP contribution in [0.4, 0.5) is 0 Å². The smallest absolute Gasteiger partial charge is 0.316 e. The summed E-state index contributed by atoms with van der Waals surface area (Å²) < 4.78 is 63.9. The molecule has 6 heterocycles. The molecule has 0 saturated carbocycles. The first-order valence-electron chi connectivity index (χ1n) is 23.2. The normalized spacial score (nSPS) is 49.4. The molecule has 5 saturated heterocycles. The Morgan fingerprint density at radius 3 is 2.35 bits per heavy atom. The van der Waals surface area contributed by atoms with Crippen LogP contribution in [-0.2, 0) is 52.2 Å². The highest BCUT2D eigenvalue weighted by atomic mass is 16.7. The van der Waals surface area contributed by atoms with Gasteiger partial charge in [0.05, 0.1) is 49.3 Å². The third kappa shape index (κ3) is 9.73. The number of rotatable bonds is 8. The SMILES string of the molecule is CC[C@H](C)[C@H]1O[C@]2(CC[C@@H]1C)C[C@@H]1C[C@@H](C/C=C(\C)[C@@H](O[C@@H]3C[C@H](OC)[C@@H](O[C@H]4C[C@H](OC)[C@@H](O)[C@H](C)O4)[C@H](C)O3)[C@@H](C)/C=C/C=C3\CO[C@@H]4[C@H](O)C(C)=C[C@@H](C(=O)O1)[C@]34O)O2. The number of carbonyl (C=O) groups is 1. The summed E-state index contributed by atoms with van der Waals surface area (Å²) in [4.78, 5) is 14.4. The first kappa shape index (κ1) is 47.9. The lowest BCUT2D eigenvalue weighted by Gasteiger charge is -2.51. The van der Waals surface area contributed by atoms with Crippen LogP contribution >= 0.6 is 0 Å². The van der Waals surface area contributed by atoms with Gasteiger partial charge in [0, 0.05) is 52.2 Å². The van der Waals surface area contributed by atoms with Gasteiger partial charge in [-0.25, -0.2) is 0 Å². The fourth-order valence-corrected chi connectivity index (χ4v) is 11.0. The van der Waals surface area contributed by atoms with Gasteiger partial charge in [-0.3, -0.25) is 4.79 Å². The van der Waals surface area contributed by atoms with E-state index in [-0.39, 0.29) is 30.8 Å². The highest BCUT2D eigenvalue weighted by Crippen LogP contribution is 2.48. The molecule has 6 aliphatic heterocycles. The van der Waals surface area contributed by atoms with Crippen LogP contribution < -0.4 is 0 Å². The summed E-state index contributed by atoms with van der Waals surface area (Å²) >= 11 is 0. The molecule has 7 aliphatic rings. The zero-order valence-electron chi connectivity index (χ0n) is 38.5. The topological polar surface area (TPSA) is 170 Å². The molecule has 0 amide bonds. The minimum absolute atomic E-state index is 0.00708. The molecule has 0 aromatic rings. The van der Waals surface area contributed by atoms with E-state index in [2.05, 4.69) is 40.7 Å². The number of aliphatic hydroxyl groups is 3. The minimum atomic E-state index is -1.82. The van der Waals surface area contributed by atoms with E-state index < -0.39 is 90.8 Å². The van der Waals surface area contributed by atoms with Gasteiger partial charge in [0.25, 0.3) is 0 Å². The molecule has 0 aromatic heterocycles. The van der Waals surface area contributed by atoms with E-state index in [1.807, 2.05) is 19.1 Å². The minimum Gasteiger partial charge on any atom is -0.462 e. The van der Waals surface area contributed by atoms with Crippen LogP contribution in [-0.4, -0.2) is 139 Å². The lowest BCUT2D eigenvalue weighted by Crippen LogP contribution is -2.58. The molecule has 0 radical (unpaired) electrons.